The van der Waals surface area contributed by atoms with Gasteiger partial charge < -0.3 is 9.84 Å². The molecule has 0 radical (unpaired) electrons. The molecule has 0 fully saturated rings. The topological polar surface area (TPSA) is 82.7 Å². The summed E-state index contributed by atoms with van der Waals surface area (Å²) in [6, 6.07) is 13.8. The zero-order valence-electron chi connectivity index (χ0n) is 11.4. The highest BCUT2D eigenvalue weighted by Crippen LogP contribution is 2.25. The van der Waals surface area contributed by atoms with Crippen molar-refractivity contribution in [2.24, 2.45) is 4.99 Å². The molecule has 110 valence electrons. The maximum Gasteiger partial charge on any atom is 0.341 e. The average molecular weight is 315 g/mol. The molecule has 0 amide bonds. The van der Waals surface area contributed by atoms with E-state index in [9.17, 15) is 4.79 Å². The lowest BCUT2D eigenvalue weighted by Crippen LogP contribution is -2.09. The summed E-state index contributed by atoms with van der Waals surface area (Å²) in [6.07, 6.45) is 1.62. The van der Waals surface area contributed by atoms with Crippen molar-refractivity contribution in [3.8, 4) is 11.8 Å². The number of benzene rings is 2. The maximum absolute atomic E-state index is 10.4. The first-order valence-electron chi connectivity index (χ1n) is 6.27. The fourth-order valence-electron chi connectivity index (χ4n) is 1.63. The standard InChI is InChI=1S/C16H11ClN2O3/c17-14-7-12(3-6-15(14)22-10-16(20)21)9-19-13-4-1-11(8-18)2-5-13/h1-7,9H,10H2,(H,20,21). The number of hydrogen-bond acceptors (Lipinski definition) is 4. The second-order valence-corrected chi connectivity index (χ2v) is 4.70. The summed E-state index contributed by atoms with van der Waals surface area (Å²) >= 11 is 6.02. The minimum atomic E-state index is -1.07. The molecule has 6 heteroatoms. The molecule has 2 aromatic carbocycles. The molecule has 2 aromatic rings. The van der Waals surface area contributed by atoms with Crippen molar-refractivity contribution in [2.45, 2.75) is 0 Å². The Morgan fingerprint density at radius 2 is 2.05 bits per heavy atom. The summed E-state index contributed by atoms with van der Waals surface area (Å²) in [5.74, 6) is -0.762. The van der Waals surface area contributed by atoms with Gasteiger partial charge in [-0.05, 0) is 48.0 Å². The van der Waals surface area contributed by atoms with E-state index in [2.05, 4.69) is 4.99 Å². The predicted molar refractivity (Wildman–Crippen MR) is 83.0 cm³/mol. The van der Waals surface area contributed by atoms with E-state index in [1.165, 1.54) is 0 Å². The third kappa shape index (κ3) is 4.33. The Bertz CT molecular complexity index is 749. The smallest absolute Gasteiger partial charge is 0.341 e. The van der Waals surface area contributed by atoms with Gasteiger partial charge in [0.15, 0.2) is 6.61 Å². The number of hydrogen-bond donors (Lipinski definition) is 1. The normalized spacial score (nSPS) is 10.4. The number of carboxylic acids is 1. The highest BCUT2D eigenvalue weighted by Gasteiger charge is 2.04. The van der Waals surface area contributed by atoms with E-state index in [0.29, 0.717) is 22.0 Å². The van der Waals surface area contributed by atoms with Crippen LogP contribution in [-0.4, -0.2) is 23.9 Å². The van der Waals surface area contributed by atoms with E-state index in [4.69, 9.17) is 26.7 Å². The Hall–Kier alpha value is -2.84. The highest BCUT2D eigenvalue weighted by atomic mass is 35.5. The van der Waals surface area contributed by atoms with Gasteiger partial charge in [0.2, 0.25) is 0 Å². The van der Waals surface area contributed by atoms with Crippen LogP contribution in [0.3, 0.4) is 0 Å². The lowest BCUT2D eigenvalue weighted by Gasteiger charge is -2.05. The van der Waals surface area contributed by atoms with Gasteiger partial charge in [0.05, 0.1) is 22.3 Å². The van der Waals surface area contributed by atoms with Gasteiger partial charge in [-0.1, -0.05) is 11.6 Å². The van der Waals surface area contributed by atoms with Crippen molar-refractivity contribution in [1.29, 1.82) is 5.26 Å². The minimum Gasteiger partial charge on any atom is -0.480 e. The van der Waals surface area contributed by atoms with E-state index in [1.54, 1.807) is 48.7 Å². The highest BCUT2D eigenvalue weighted by molar-refractivity contribution is 6.32. The number of aliphatic carboxylic acids is 1. The van der Waals surface area contributed by atoms with Crippen molar-refractivity contribution < 1.29 is 14.6 Å². The first kappa shape index (κ1) is 15.5. The molecule has 1 N–H and O–H groups in total. The number of carboxylic acid groups (broad SMARTS) is 1. The van der Waals surface area contributed by atoms with Crippen LogP contribution < -0.4 is 4.74 Å². The first-order chi connectivity index (χ1) is 10.6. The summed E-state index contributed by atoms with van der Waals surface area (Å²) in [4.78, 5) is 14.7. The second-order valence-electron chi connectivity index (χ2n) is 4.29. The lowest BCUT2D eigenvalue weighted by atomic mass is 10.2. The van der Waals surface area contributed by atoms with Crippen LogP contribution >= 0.6 is 11.6 Å². The molecule has 0 aliphatic carbocycles. The minimum absolute atomic E-state index is 0.305. The molecule has 0 heterocycles. The van der Waals surface area contributed by atoms with Gasteiger partial charge >= 0.3 is 5.97 Å². The number of nitrogens with zero attached hydrogens (tertiary/aromatic N) is 2. The molecule has 2 rings (SSSR count). The van der Waals surface area contributed by atoms with Gasteiger partial charge in [-0.25, -0.2) is 4.79 Å². The van der Waals surface area contributed by atoms with Gasteiger partial charge in [0.25, 0.3) is 0 Å². The number of nitriles is 1. The quantitative estimate of drug-likeness (QED) is 0.857. The van der Waals surface area contributed by atoms with E-state index < -0.39 is 12.6 Å². The molecule has 0 bridgehead atoms. The molecular formula is C16H11ClN2O3. The van der Waals surface area contributed by atoms with Crippen molar-refractivity contribution in [3.05, 3.63) is 58.6 Å². The zero-order valence-corrected chi connectivity index (χ0v) is 12.1. The van der Waals surface area contributed by atoms with Crippen LogP contribution in [0, 0.1) is 11.3 Å². The lowest BCUT2D eigenvalue weighted by molar-refractivity contribution is -0.139. The summed E-state index contributed by atoms with van der Waals surface area (Å²) in [6.45, 7) is -0.446. The fourth-order valence-corrected chi connectivity index (χ4v) is 1.87. The molecule has 22 heavy (non-hydrogen) atoms. The molecule has 0 saturated heterocycles. The first-order valence-corrected chi connectivity index (χ1v) is 6.64. The summed E-state index contributed by atoms with van der Waals surface area (Å²) in [5.41, 5.74) is 2.03. The Labute approximate surface area is 132 Å². The Kier molecular flexibility index (Phi) is 5.12. The Morgan fingerprint density at radius 1 is 1.32 bits per heavy atom. The van der Waals surface area contributed by atoms with Crippen molar-refractivity contribution >= 4 is 29.5 Å². The Balaban J connectivity index is 2.09. The van der Waals surface area contributed by atoms with Gasteiger partial charge in [-0.15, -0.1) is 0 Å². The molecule has 0 atom stereocenters. The third-order valence-electron chi connectivity index (χ3n) is 2.67. The van der Waals surface area contributed by atoms with Crippen LogP contribution in [0.5, 0.6) is 5.75 Å². The van der Waals surface area contributed by atoms with Gasteiger partial charge in [0, 0.05) is 6.21 Å². The monoisotopic (exact) mass is 314 g/mol. The van der Waals surface area contributed by atoms with Gasteiger partial charge in [-0.3, -0.25) is 4.99 Å². The van der Waals surface area contributed by atoms with Crippen molar-refractivity contribution in [1.82, 2.24) is 0 Å². The maximum atomic E-state index is 10.4. The van der Waals surface area contributed by atoms with Crippen LogP contribution in [0.4, 0.5) is 5.69 Å². The molecule has 0 aliphatic rings. The molecule has 0 aromatic heterocycles. The SMILES string of the molecule is N#Cc1ccc(N=Cc2ccc(OCC(=O)O)c(Cl)c2)cc1. The number of aliphatic imine (C=N–C) groups is 1. The predicted octanol–water partition coefficient (Wildman–Crippen LogP) is 3.43. The Morgan fingerprint density at radius 3 is 2.64 bits per heavy atom. The van der Waals surface area contributed by atoms with Crippen LogP contribution in [0.1, 0.15) is 11.1 Å². The van der Waals surface area contributed by atoms with E-state index >= 15 is 0 Å². The number of carbonyl (C=O) groups is 1. The number of rotatable bonds is 5. The van der Waals surface area contributed by atoms with Crippen molar-refractivity contribution in [3.63, 3.8) is 0 Å². The second kappa shape index (κ2) is 7.25. The van der Waals surface area contributed by atoms with Gasteiger partial charge in [-0.2, -0.15) is 5.26 Å². The van der Waals surface area contributed by atoms with Crippen LogP contribution in [0.2, 0.25) is 5.02 Å². The van der Waals surface area contributed by atoms with Crippen LogP contribution in [0.15, 0.2) is 47.5 Å². The molecule has 5 nitrogen and oxygen atoms in total. The zero-order chi connectivity index (χ0) is 15.9. The number of ether oxygens (including phenoxy) is 1. The summed E-state index contributed by atoms with van der Waals surface area (Å²) < 4.78 is 5.03. The average Bonchev–Trinajstić information content (AvgIpc) is 2.52. The molecule has 0 aliphatic heterocycles. The van der Waals surface area contributed by atoms with Crippen LogP contribution in [0.25, 0.3) is 0 Å². The third-order valence-corrected chi connectivity index (χ3v) is 2.96. The van der Waals surface area contributed by atoms with Crippen molar-refractivity contribution in [2.75, 3.05) is 6.61 Å². The largest absolute Gasteiger partial charge is 0.480 e. The summed E-state index contributed by atoms with van der Waals surface area (Å²) in [5, 5.41) is 17.6. The van der Waals surface area contributed by atoms with E-state index in [-0.39, 0.29) is 0 Å². The molecule has 0 saturated carbocycles. The van der Waals surface area contributed by atoms with Gasteiger partial charge in [0.1, 0.15) is 5.75 Å². The van der Waals surface area contributed by atoms with E-state index in [1.807, 2.05) is 6.07 Å². The summed E-state index contributed by atoms with van der Waals surface area (Å²) in [7, 11) is 0. The molecule has 0 spiro atoms. The van der Waals surface area contributed by atoms with Crippen LogP contribution in [-0.2, 0) is 4.79 Å². The molecule has 0 unspecified atom stereocenters. The number of halogens is 1. The molecular weight excluding hydrogens is 304 g/mol. The van der Waals surface area contributed by atoms with E-state index in [0.717, 1.165) is 5.56 Å². The fraction of sp³-hybridized carbons (Fsp3) is 0.0625.